The van der Waals surface area contributed by atoms with Crippen LogP contribution in [-0.4, -0.2) is 24.9 Å². The van der Waals surface area contributed by atoms with Gasteiger partial charge in [0.25, 0.3) is 5.91 Å². The van der Waals surface area contributed by atoms with E-state index in [0.717, 1.165) is 6.42 Å². The molecule has 0 aromatic heterocycles. The van der Waals surface area contributed by atoms with E-state index >= 15 is 0 Å². The first-order valence-electron chi connectivity index (χ1n) is 6.16. The van der Waals surface area contributed by atoms with E-state index in [1.807, 2.05) is 6.92 Å². The Hall–Kier alpha value is -1.59. The number of benzene rings is 1. The van der Waals surface area contributed by atoms with Crippen molar-refractivity contribution < 1.29 is 9.59 Å². The molecule has 6 heteroatoms. The zero-order valence-corrected chi connectivity index (χ0v) is 11.6. The van der Waals surface area contributed by atoms with Crippen LogP contribution in [0.25, 0.3) is 0 Å². The highest BCUT2D eigenvalue weighted by Gasteiger charge is 2.13. The van der Waals surface area contributed by atoms with Gasteiger partial charge in [-0.05, 0) is 24.6 Å². The maximum absolute atomic E-state index is 11.9. The fraction of sp³-hybridized carbons (Fsp3) is 0.385. The second kappa shape index (κ2) is 7.76. The topological polar surface area (TPSA) is 84.2 Å². The molecule has 1 aromatic carbocycles. The predicted molar refractivity (Wildman–Crippen MR) is 76.4 cm³/mol. The van der Waals surface area contributed by atoms with Gasteiger partial charge in [-0.3, -0.25) is 9.59 Å². The molecule has 0 aliphatic heterocycles. The number of rotatable bonds is 6. The summed E-state index contributed by atoms with van der Waals surface area (Å²) >= 11 is 5.88. The Morgan fingerprint density at radius 1 is 1.37 bits per heavy atom. The van der Waals surface area contributed by atoms with Crippen molar-refractivity contribution in [3.63, 3.8) is 0 Å². The van der Waals surface area contributed by atoms with Gasteiger partial charge in [0.15, 0.2) is 0 Å². The molecule has 0 saturated heterocycles. The number of carbonyl (C=O) groups is 2. The van der Waals surface area contributed by atoms with E-state index in [1.165, 1.54) is 0 Å². The lowest BCUT2D eigenvalue weighted by atomic mass is 10.1. The van der Waals surface area contributed by atoms with Crippen LogP contribution < -0.4 is 16.4 Å². The number of carbonyl (C=O) groups excluding carboxylic acids is 2. The van der Waals surface area contributed by atoms with Crippen molar-refractivity contribution in [2.24, 2.45) is 5.73 Å². The van der Waals surface area contributed by atoms with E-state index in [0.29, 0.717) is 22.8 Å². The molecule has 1 rings (SSSR count). The smallest absolute Gasteiger partial charge is 0.253 e. The molecule has 0 bridgehead atoms. The standard InChI is InChI=1S/C13H18ClN3O2/c1-2-7-16-13(19)10-4-3-9(14)8-11(10)17-12(18)5-6-15/h3-4,8H,2,5-7,15H2,1H3,(H,16,19)(H,17,18). The molecule has 5 nitrogen and oxygen atoms in total. The average molecular weight is 284 g/mol. The van der Waals surface area contributed by atoms with Crippen LogP contribution in [0.3, 0.4) is 0 Å². The molecule has 2 amide bonds. The summed E-state index contributed by atoms with van der Waals surface area (Å²) in [4.78, 5) is 23.5. The maximum atomic E-state index is 11.9. The summed E-state index contributed by atoms with van der Waals surface area (Å²) in [6.07, 6.45) is 1.04. The summed E-state index contributed by atoms with van der Waals surface area (Å²) in [6.45, 7) is 2.80. The summed E-state index contributed by atoms with van der Waals surface area (Å²) < 4.78 is 0. The van der Waals surface area contributed by atoms with Gasteiger partial charge in [0, 0.05) is 24.5 Å². The van der Waals surface area contributed by atoms with Crippen LogP contribution >= 0.6 is 11.6 Å². The Balaban J connectivity index is 2.91. The second-order valence-electron chi connectivity index (χ2n) is 4.03. The third-order valence-corrected chi connectivity index (χ3v) is 2.64. The Bertz CT molecular complexity index is 463. The minimum absolute atomic E-state index is 0.197. The van der Waals surface area contributed by atoms with Crippen LogP contribution in [0.5, 0.6) is 0 Å². The molecular weight excluding hydrogens is 266 g/mol. The van der Waals surface area contributed by atoms with E-state index in [2.05, 4.69) is 10.6 Å². The molecule has 19 heavy (non-hydrogen) atoms. The third-order valence-electron chi connectivity index (χ3n) is 2.41. The SMILES string of the molecule is CCCNC(=O)c1ccc(Cl)cc1NC(=O)CCN. The number of nitrogens with one attached hydrogen (secondary N) is 2. The van der Waals surface area contributed by atoms with Crippen molar-refractivity contribution in [1.29, 1.82) is 0 Å². The number of anilines is 1. The van der Waals surface area contributed by atoms with Crippen LogP contribution in [0.1, 0.15) is 30.1 Å². The van der Waals surface area contributed by atoms with Gasteiger partial charge in [0.2, 0.25) is 5.91 Å². The summed E-state index contributed by atoms with van der Waals surface area (Å²) in [7, 11) is 0. The molecule has 0 aliphatic rings. The lowest BCUT2D eigenvalue weighted by Crippen LogP contribution is -2.26. The number of hydrogen-bond donors (Lipinski definition) is 3. The lowest BCUT2D eigenvalue weighted by molar-refractivity contribution is -0.116. The van der Waals surface area contributed by atoms with Crippen molar-refractivity contribution in [3.05, 3.63) is 28.8 Å². The number of halogens is 1. The highest BCUT2D eigenvalue weighted by Crippen LogP contribution is 2.21. The minimum atomic E-state index is -0.241. The number of nitrogens with two attached hydrogens (primary N) is 1. The molecular formula is C13H18ClN3O2. The van der Waals surface area contributed by atoms with E-state index in [1.54, 1.807) is 18.2 Å². The fourth-order valence-corrected chi connectivity index (χ4v) is 1.67. The highest BCUT2D eigenvalue weighted by molar-refractivity contribution is 6.31. The fourth-order valence-electron chi connectivity index (χ4n) is 1.50. The van der Waals surface area contributed by atoms with E-state index in [9.17, 15) is 9.59 Å². The summed E-state index contributed by atoms with van der Waals surface area (Å²) in [5, 5.41) is 5.85. The third kappa shape index (κ3) is 4.89. The normalized spacial score (nSPS) is 10.1. The molecule has 0 fully saturated rings. The molecule has 0 spiro atoms. The lowest BCUT2D eigenvalue weighted by Gasteiger charge is -2.11. The highest BCUT2D eigenvalue weighted by atomic mass is 35.5. The first-order chi connectivity index (χ1) is 9.08. The molecule has 104 valence electrons. The molecule has 4 N–H and O–H groups in total. The van der Waals surface area contributed by atoms with Crippen LogP contribution in [-0.2, 0) is 4.79 Å². The average Bonchev–Trinajstić information content (AvgIpc) is 2.36. The second-order valence-corrected chi connectivity index (χ2v) is 4.47. The quantitative estimate of drug-likeness (QED) is 0.744. The zero-order chi connectivity index (χ0) is 14.3. The number of hydrogen-bond acceptors (Lipinski definition) is 3. The molecule has 0 atom stereocenters. The van der Waals surface area contributed by atoms with E-state index in [4.69, 9.17) is 17.3 Å². The van der Waals surface area contributed by atoms with Crippen LogP contribution in [0, 0.1) is 0 Å². The van der Waals surface area contributed by atoms with Crippen LogP contribution in [0.15, 0.2) is 18.2 Å². The van der Waals surface area contributed by atoms with Gasteiger partial charge in [-0.15, -0.1) is 0 Å². The van der Waals surface area contributed by atoms with E-state index < -0.39 is 0 Å². The Labute approximate surface area is 117 Å². The van der Waals surface area contributed by atoms with Gasteiger partial charge in [-0.25, -0.2) is 0 Å². The maximum Gasteiger partial charge on any atom is 0.253 e. The molecule has 0 unspecified atom stereocenters. The Morgan fingerprint density at radius 2 is 2.11 bits per heavy atom. The van der Waals surface area contributed by atoms with Crippen molar-refractivity contribution in [1.82, 2.24) is 5.32 Å². The summed E-state index contributed by atoms with van der Waals surface area (Å²) in [6, 6.07) is 4.75. The first kappa shape index (κ1) is 15.5. The summed E-state index contributed by atoms with van der Waals surface area (Å²) in [5.74, 6) is -0.476. The van der Waals surface area contributed by atoms with Crippen molar-refractivity contribution in [2.75, 3.05) is 18.4 Å². The zero-order valence-electron chi connectivity index (χ0n) is 10.8. The van der Waals surface area contributed by atoms with Crippen molar-refractivity contribution in [2.45, 2.75) is 19.8 Å². The van der Waals surface area contributed by atoms with Crippen molar-refractivity contribution >= 4 is 29.1 Å². The molecule has 0 heterocycles. The Morgan fingerprint density at radius 3 is 2.74 bits per heavy atom. The van der Waals surface area contributed by atoms with Crippen molar-refractivity contribution in [3.8, 4) is 0 Å². The molecule has 0 saturated carbocycles. The molecule has 1 aromatic rings. The van der Waals surface area contributed by atoms with Gasteiger partial charge < -0.3 is 16.4 Å². The summed E-state index contributed by atoms with van der Waals surface area (Å²) in [5.41, 5.74) is 6.10. The molecule has 0 radical (unpaired) electrons. The van der Waals surface area contributed by atoms with Crippen LogP contribution in [0.2, 0.25) is 5.02 Å². The van der Waals surface area contributed by atoms with Gasteiger partial charge >= 0.3 is 0 Å². The minimum Gasteiger partial charge on any atom is -0.352 e. The van der Waals surface area contributed by atoms with Gasteiger partial charge in [0.05, 0.1) is 11.3 Å². The first-order valence-corrected chi connectivity index (χ1v) is 6.54. The number of amides is 2. The largest absolute Gasteiger partial charge is 0.352 e. The predicted octanol–water partition coefficient (Wildman–Crippen LogP) is 1.77. The van der Waals surface area contributed by atoms with E-state index in [-0.39, 0.29) is 24.8 Å². The monoisotopic (exact) mass is 283 g/mol. The van der Waals surface area contributed by atoms with Gasteiger partial charge in [-0.2, -0.15) is 0 Å². The van der Waals surface area contributed by atoms with Crippen LogP contribution in [0.4, 0.5) is 5.69 Å². The van der Waals surface area contributed by atoms with Gasteiger partial charge in [0.1, 0.15) is 0 Å². The molecule has 0 aliphatic carbocycles. The Kier molecular flexibility index (Phi) is 6.32. The van der Waals surface area contributed by atoms with Gasteiger partial charge in [-0.1, -0.05) is 18.5 Å².